The van der Waals surface area contributed by atoms with Gasteiger partial charge in [-0.05, 0) is 29.3 Å². The van der Waals surface area contributed by atoms with E-state index in [-0.39, 0.29) is 24.2 Å². The number of carbonyl (C=O) groups is 1. The van der Waals surface area contributed by atoms with Gasteiger partial charge in [0.15, 0.2) is 6.61 Å². The molecule has 1 heterocycles. The molecule has 0 spiro atoms. The third-order valence-electron chi connectivity index (χ3n) is 5.20. The summed E-state index contributed by atoms with van der Waals surface area (Å²) >= 11 is 0. The van der Waals surface area contributed by atoms with Crippen molar-refractivity contribution in [3.63, 3.8) is 0 Å². The van der Waals surface area contributed by atoms with Gasteiger partial charge in [0, 0.05) is 23.5 Å². The molecule has 5 heteroatoms. The Balaban J connectivity index is 1.68. The number of hydrogen-bond donors (Lipinski definition) is 1. The van der Waals surface area contributed by atoms with Crippen molar-refractivity contribution in [3.05, 3.63) is 89.5 Å². The number of hydrogen-bond acceptors (Lipinski definition) is 5. The third kappa shape index (κ3) is 4.04. The Labute approximate surface area is 169 Å². The van der Waals surface area contributed by atoms with Crippen LogP contribution in [-0.2, 0) is 9.53 Å². The molecular weight excluding hydrogens is 368 g/mol. The van der Waals surface area contributed by atoms with Gasteiger partial charge < -0.3 is 19.3 Å². The molecule has 0 saturated heterocycles. The molecule has 148 valence electrons. The van der Waals surface area contributed by atoms with Crippen LogP contribution in [0.3, 0.4) is 0 Å². The maximum atomic E-state index is 11.3. The molecule has 3 aromatic carbocycles. The zero-order chi connectivity index (χ0) is 20.2. The fourth-order valence-electron chi connectivity index (χ4n) is 3.77. The molecule has 1 aliphatic heterocycles. The number of carbonyl (C=O) groups excluding carboxylic acids is 1. The molecule has 0 saturated carbocycles. The van der Waals surface area contributed by atoms with Crippen molar-refractivity contribution in [1.29, 1.82) is 0 Å². The first kappa shape index (κ1) is 18.9. The van der Waals surface area contributed by atoms with Gasteiger partial charge in [0.25, 0.3) is 0 Å². The fourth-order valence-corrected chi connectivity index (χ4v) is 3.77. The number of rotatable bonds is 5. The molecule has 2 atom stereocenters. The minimum Gasteiger partial charge on any atom is -0.508 e. The van der Waals surface area contributed by atoms with E-state index < -0.39 is 5.97 Å². The molecule has 0 amide bonds. The normalized spacial score (nSPS) is 17.7. The van der Waals surface area contributed by atoms with Crippen LogP contribution in [0.5, 0.6) is 17.2 Å². The Morgan fingerprint density at radius 2 is 1.79 bits per heavy atom. The second-order valence-corrected chi connectivity index (χ2v) is 6.96. The second kappa shape index (κ2) is 8.27. The maximum absolute atomic E-state index is 11.3. The zero-order valence-electron chi connectivity index (χ0n) is 16.1. The summed E-state index contributed by atoms with van der Waals surface area (Å²) in [6, 6.07) is 23.3. The predicted octanol–water partition coefficient (Wildman–Crippen LogP) is 4.25. The molecule has 0 unspecified atom stereocenters. The van der Waals surface area contributed by atoms with Crippen molar-refractivity contribution < 1.29 is 24.1 Å². The first-order chi connectivity index (χ1) is 14.2. The van der Waals surface area contributed by atoms with E-state index in [4.69, 9.17) is 9.47 Å². The van der Waals surface area contributed by atoms with Gasteiger partial charge in [-0.2, -0.15) is 0 Å². The SMILES string of the molecule is COC(=O)COc1ccc([C@@H]2c3ccc(O)cc3OC[C@@H]2c2ccccc2)cc1. The highest BCUT2D eigenvalue weighted by molar-refractivity contribution is 5.70. The number of phenolic OH excluding ortho intramolecular Hbond substituents is 1. The summed E-state index contributed by atoms with van der Waals surface area (Å²) in [5.74, 6) is 1.27. The van der Waals surface area contributed by atoms with Gasteiger partial charge in [-0.3, -0.25) is 0 Å². The van der Waals surface area contributed by atoms with Crippen molar-refractivity contribution in [2.24, 2.45) is 0 Å². The van der Waals surface area contributed by atoms with E-state index in [0.29, 0.717) is 18.1 Å². The minimum absolute atomic E-state index is 0.0661. The van der Waals surface area contributed by atoms with Gasteiger partial charge in [-0.1, -0.05) is 48.5 Å². The number of methoxy groups -OCH3 is 1. The van der Waals surface area contributed by atoms with Crippen LogP contribution < -0.4 is 9.47 Å². The predicted molar refractivity (Wildman–Crippen MR) is 109 cm³/mol. The third-order valence-corrected chi connectivity index (χ3v) is 5.20. The number of esters is 1. The number of aromatic hydroxyl groups is 1. The minimum atomic E-state index is -0.420. The highest BCUT2D eigenvalue weighted by Crippen LogP contribution is 2.47. The van der Waals surface area contributed by atoms with Crippen molar-refractivity contribution in [1.82, 2.24) is 0 Å². The largest absolute Gasteiger partial charge is 0.508 e. The van der Waals surface area contributed by atoms with Gasteiger partial charge in [0.2, 0.25) is 0 Å². The lowest BCUT2D eigenvalue weighted by molar-refractivity contribution is -0.142. The van der Waals surface area contributed by atoms with E-state index in [9.17, 15) is 9.90 Å². The van der Waals surface area contributed by atoms with Gasteiger partial charge in [-0.15, -0.1) is 0 Å². The molecule has 29 heavy (non-hydrogen) atoms. The zero-order valence-corrected chi connectivity index (χ0v) is 16.1. The molecule has 5 nitrogen and oxygen atoms in total. The van der Waals surface area contributed by atoms with E-state index in [1.165, 1.54) is 12.7 Å². The standard InChI is InChI=1S/C24H22O5/c1-27-23(26)15-28-19-10-7-17(8-11-19)24-20-12-9-18(25)13-22(20)29-14-21(24)16-5-3-2-4-6-16/h2-13,21,24-25H,14-15H2,1H3/t21-,24-/m1/s1. The first-order valence-electron chi connectivity index (χ1n) is 9.46. The van der Waals surface area contributed by atoms with Gasteiger partial charge in [0.1, 0.15) is 17.2 Å². The van der Waals surface area contributed by atoms with Crippen molar-refractivity contribution >= 4 is 5.97 Å². The lowest BCUT2D eigenvalue weighted by Crippen LogP contribution is -2.25. The van der Waals surface area contributed by atoms with E-state index in [2.05, 4.69) is 16.9 Å². The van der Waals surface area contributed by atoms with Crippen LogP contribution in [-0.4, -0.2) is 31.4 Å². The number of ether oxygens (including phenoxy) is 3. The fraction of sp³-hybridized carbons (Fsp3) is 0.208. The summed E-state index contributed by atoms with van der Waals surface area (Å²) in [6.07, 6.45) is 0. The Hall–Kier alpha value is -3.47. The molecule has 1 aliphatic rings. The highest BCUT2D eigenvalue weighted by Gasteiger charge is 2.33. The average molecular weight is 390 g/mol. The monoisotopic (exact) mass is 390 g/mol. The smallest absolute Gasteiger partial charge is 0.343 e. The molecular formula is C24H22O5. The highest BCUT2D eigenvalue weighted by atomic mass is 16.6. The molecule has 4 rings (SSSR count). The molecule has 0 aliphatic carbocycles. The van der Waals surface area contributed by atoms with E-state index >= 15 is 0 Å². The van der Waals surface area contributed by atoms with Crippen LogP contribution in [0.2, 0.25) is 0 Å². The molecule has 0 bridgehead atoms. The first-order valence-corrected chi connectivity index (χ1v) is 9.46. The number of phenols is 1. The Bertz CT molecular complexity index is 982. The van der Waals surface area contributed by atoms with Crippen molar-refractivity contribution in [2.75, 3.05) is 20.3 Å². The summed E-state index contributed by atoms with van der Waals surface area (Å²) in [5.41, 5.74) is 3.34. The van der Waals surface area contributed by atoms with Crippen molar-refractivity contribution in [3.8, 4) is 17.2 Å². The van der Waals surface area contributed by atoms with Crippen LogP contribution in [0.15, 0.2) is 72.8 Å². The van der Waals surface area contributed by atoms with Crippen LogP contribution in [0.4, 0.5) is 0 Å². The van der Waals surface area contributed by atoms with E-state index in [1.807, 2.05) is 48.5 Å². The van der Waals surface area contributed by atoms with Crippen LogP contribution in [0.25, 0.3) is 0 Å². The Kier molecular flexibility index (Phi) is 5.38. The van der Waals surface area contributed by atoms with Crippen LogP contribution >= 0.6 is 0 Å². The van der Waals surface area contributed by atoms with Crippen LogP contribution in [0, 0.1) is 0 Å². The molecule has 0 radical (unpaired) electrons. The summed E-state index contributed by atoms with van der Waals surface area (Å²) < 4.78 is 16.1. The summed E-state index contributed by atoms with van der Waals surface area (Å²) in [6.45, 7) is 0.396. The van der Waals surface area contributed by atoms with Gasteiger partial charge in [0.05, 0.1) is 13.7 Å². The van der Waals surface area contributed by atoms with Gasteiger partial charge >= 0.3 is 5.97 Å². The molecule has 0 fully saturated rings. The van der Waals surface area contributed by atoms with Gasteiger partial charge in [-0.25, -0.2) is 4.79 Å². The molecule has 0 aromatic heterocycles. The number of benzene rings is 3. The lowest BCUT2D eigenvalue weighted by Gasteiger charge is -2.34. The molecule has 3 aromatic rings. The second-order valence-electron chi connectivity index (χ2n) is 6.96. The maximum Gasteiger partial charge on any atom is 0.343 e. The lowest BCUT2D eigenvalue weighted by atomic mass is 9.76. The average Bonchev–Trinajstić information content (AvgIpc) is 2.77. The summed E-state index contributed by atoms with van der Waals surface area (Å²) in [4.78, 5) is 11.3. The topological polar surface area (TPSA) is 65.0 Å². The van der Waals surface area contributed by atoms with Crippen LogP contribution in [0.1, 0.15) is 28.5 Å². The summed E-state index contributed by atoms with van der Waals surface area (Å²) in [5, 5.41) is 9.85. The van der Waals surface area contributed by atoms with Crippen molar-refractivity contribution in [2.45, 2.75) is 11.8 Å². The molecule has 1 N–H and O–H groups in total. The summed E-state index contributed by atoms with van der Waals surface area (Å²) in [7, 11) is 1.33. The Morgan fingerprint density at radius 1 is 1.03 bits per heavy atom. The van der Waals surface area contributed by atoms with E-state index in [0.717, 1.165) is 11.1 Å². The number of fused-ring (bicyclic) bond motifs is 1. The Morgan fingerprint density at radius 3 is 2.52 bits per heavy atom. The quantitative estimate of drug-likeness (QED) is 0.660. The van der Waals surface area contributed by atoms with E-state index in [1.54, 1.807) is 12.1 Å².